The molecule has 0 radical (unpaired) electrons. The van der Waals surface area contributed by atoms with Crippen LogP contribution in [-0.4, -0.2) is 25.7 Å². The standard InChI is InChI=1S/C8H9NO2/c1-11-8-4-2-3-7(6-10)9-5-8/h2-6,8H,1H3. The van der Waals surface area contributed by atoms with Gasteiger partial charge in [0.15, 0.2) is 6.29 Å². The van der Waals surface area contributed by atoms with Gasteiger partial charge in [-0.2, -0.15) is 0 Å². The molecule has 0 aromatic carbocycles. The lowest BCUT2D eigenvalue weighted by Gasteiger charge is -2.00. The number of nitrogens with zero attached hydrogens (tertiary/aromatic N) is 1. The summed E-state index contributed by atoms with van der Waals surface area (Å²) in [7, 11) is 1.59. The second kappa shape index (κ2) is 3.83. The molecule has 1 atom stereocenters. The van der Waals surface area contributed by atoms with E-state index in [1.807, 2.05) is 6.08 Å². The van der Waals surface area contributed by atoms with Crippen LogP contribution in [0, 0.1) is 0 Å². The van der Waals surface area contributed by atoms with Crippen molar-refractivity contribution in [3.05, 3.63) is 23.9 Å². The highest BCUT2D eigenvalue weighted by Gasteiger charge is 2.00. The predicted molar refractivity (Wildman–Crippen MR) is 42.6 cm³/mol. The van der Waals surface area contributed by atoms with Crippen LogP contribution in [0.1, 0.15) is 0 Å². The maximum Gasteiger partial charge on any atom is 0.168 e. The van der Waals surface area contributed by atoms with Crippen molar-refractivity contribution in [2.45, 2.75) is 6.10 Å². The van der Waals surface area contributed by atoms with Gasteiger partial charge in [0.05, 0.1) is 0 Å². The van der Waals surface area contributed by atoms with Gasteiger partial charge in [0, 0.05) is 13.3 Å². The Balaban J connectivity index is 2.73. The summed E-state index contributed by atoms with van der Waals surface area (Å²) in [5.74, 6) is 0. The van der Waals surface area contributed by atoms with Crippen LogP contribution in [0.4, 0.5) is 0 Å². The van der Waals surface area contributed by atoms with Crippen LogP contribution < -0.4 is 0 Å². The summed E-state index contributed by atoms with van der Waals surface area (Å²) < 4.78 is 4.98. The van der Waals surface area contributed by atoms with Crippen LogP contribution in [0.15, 0.2) is 28.9 Å². The van der Waals surface area contributed by atoms with Crippen LogP contribution in [0.2, 0.25) is 0 Å². The van der Waals surface area contributed by atoms with E-state index < -0.39 is 0 Å². The molecule has 1 heterocycles. The van der Waals surface area contributed by atoms with Gasteiger partial charge in [0.1, 0.15) is 11.8 Å². The second-order valence-electron chi connectivity index (χ2n) is 2.07. The summed E-state index contributed by atoms with van der Waals surface area (Å²) in [4.78, 5) is 14.1. The third kappa shape index (κ3) is 2.13. The Labute approximate surface area is 65.1 Å². The minimum Gasteiger partial charge on any atom is -0.372 e. The largest absolute Gasteiger partial charge is 0.372 e. The number of ether oxygens (including phenoxy) is 1. The van der Waals surface area contributed by atoms with Crippen molar-refractivity contribution in [1.29, 1.82) is 0 Å². The summed E-state index contributed by atoms with van der Waals surface area (Å²) in [6, 6.07) is 0. The Hall–Kier alpha value is -1.22. The molecule has 0 fully saturated rings. The normalized spacial score (nSPS) is 22.6. The Morgan fingerprint density at radius 1 is 1.73 bits per heavy atom. The van der Waals surface area contributed by atoms with E-state index in [1.54, 1.807) is 25.5 Å². The zero-order valence-corrected chi connectivity index (χ0v) is 6.23. The van der Waals surface area contributed by atoms with E-state index in [2.05, 4.69) is 4.99 Å². The van der Waals surface area contributed by atoms with Crippen LogP contribution in [-0.2, 0) is 9.53 Å². The summed E-state index contributed by atoms with van der Waals surface area (Å²) >= 11 is 0. The monoisotopic (exact) mass is 151 g/mol. The number of aldehydes is 1. The van der Waals surface area contributed by atoms with E-state index in [4.69, 9.17) is 4.74 Å². The van der Waals surface area contributed by atoms with Gasteiger partial charge < -0.3 is 4.74 Å². The van der Waals surface area contributed by atoms with Gasteiger partial charge in [0.25, 0.3) is 0 Å². The van der Waals surface area contributed by atoms with E-state index in [0.717, 1.165) is 0 Å². The number of carbonyl (C=O) groups is 1. The number of rotatable bonds is 2. The highest BCUT2D eigenvalue weighted by atomic mass is 16.5. The van der Waals surface area contributed by atoms with Gasteiger partial charge in [-0.05, 0) is 6.08 Å². The first-order valence-corrected chi connectivity index (χ1v) is 3.27. The summed E-state index contributed by atoms with van der Waals surface area (Å²) in [6.45, 7) is 0. The number of methoxy groups -OCH3 is 1. The fourth-order valence-electron chi connectivity index (χ4n) is 0.725. The molecule has 1 rings (SSSR count). The van der Waals surface area contributed by atoms with Crippen LogP contribution in [0.25, 0.3) is 0 Å². The molecule has 11 heavy (non-hydrogen) atoms. The molecule has 3 nitrogen and oxygen atoms in total. The average Bonchev–Trinajstić information content (AvgIpc) is 2.28. The zero-order valence-electron chi connectivity index (χ0n) is 6.23. The molecular weight excluding hydrogens is 142 g/mol. The van der Waals surface area contributed by atoms with Gasteiger partial charge in [0.2, 0.25) is 0 Å². The van der Waals surface area contributed by atoms with Crippen molar-refractivity contribution in [1.82, 2.24) is 0 Å². The lowest BCUT2D eigenvalue weighted by Crippen LogP contribution is -2.07. The molecule has 1 unspecified atom stereocenters. The van der Waals surface area contributed by atoms with Crippen molar-refractivity contribution < 1.29 is 9.53 Å². The summed E-state index contributed by atoms with van der Waals surface area (Å²) in [5.41, 5.74) is 0.417. The Kier molecular flexibility index (Phi) is 2.74. The fourth-order valence-corrected chi connectivity index (χ4v) is 0.725. The van der Waals surface area contributed by atoms with Gasteiger partial charge in [-0.25, -0.2) is 0 Å². The van der Waals surface area contributed by atoms with E-state index >= 15 is 0 Å². The minimum atomic E-state index is -0.122. The third-order valence-electron chi connectivity index (χ3n) is 1.33. The lowest BCUT2D eigenvalue weighted by molar-refractivity contribution is -0.104. The molecule has 0 spiro atoms. The Bertz CT molecular complexity index is 228. The predicted octanol–water partition coefficient (Wildman–Crippen LogP) is 0.725. The quantitative estimate of drug-likeness (QED) is 0.545. The number of carbonyl (C=O) groups excluding carboxylic acids is 1. The fraction of sp³-hybridized carbons (Fsp3) is 0.250. The molecule has 0 amide bonds. The Morgan fingerprint density at radius 2 is 2.55 bits per heavy atom. The highest BCUT2D eigenvalue weighted by molar-refractivity contribution is 5.80. The zero-order chi connectivity index (χ0) is 8.10. The summed E-state index contributed by atoms with van der Waals surface area (Å²) in [6.07, 6.45) is 7.39. The summed E-state index contributed by atoms with van der Waals surface area (Å²) in [5, 5.41) is 0. The number of hydrogen-bond donors (Lipinski definition) is 0. The maximum absolute atomic E-state index is 10.3. The topological polar surface area (TPSA) is 38.7 Å². The van der Waals surface area contributed by atoms with Gasteiger partial charge >= 0.3 is 0 Å². The van der Waals surface area contributed by atoms with E-state index in [-0.39, 0.29) is 6.10 Å². The van der Waals surface area contributed by atoms with Gasteiger partial charge in [-0.15, -0.1) is 0 Å². The number of aliphatic imine (C=N–C) groups is 1. The molecule has 0 N–H and O–H groups in total. The first kappa shape index (κ1) is 7.88. The lowest BCUT2D eigenvalue weighted by atomic mass is 10.3. The molecular formula is C8H9NO2. The second-order valence-corrected chi connectivity index (χ2v) is 2.07. The number of allylic oxidation sites excluding steroid dienone is 3. The maximum atomic E-state index is 10.3. The molecule has 1 aliphatic heterocycles. The Morgan fingerprint density at radius 3 is 3.18 bits per heavy atom. The van der Waals surface area contributed by atoms with Crippen LogP contribution in [0.5, 0.6) is 0 Å². The van der Waals surface area contributed by atoms with Crippen molar-refractivity contribution in [3.8, 4) is 0 Å². The van der Waals surface area contributed by atoms with E-state index in [9.17, 15) is 4.79 Å². The SMILES string of the molecule is COC1C=CC=C(C=O)N=C1. The smallest absolute Gasteiger partial charge is 0.168 e. The van der Waals surface area contributed by atoms with Crippen molar-refractivity contribution in [2.75, 3.05) is 7.11 Å². The molecule has 0 aromatic heterocycles. The molecule has 0 bridgehead atoms. The molecule has 3 heteroatoms. The molecule has 0 aromatic rings. The first-order chi connectivity index (χ1) is 5.36. The molecule has 58 valence electrons. The van der Waals surface area contributed by atoms with Crippen molar-refractivity contribution in [3.63, 3.8) is 0 Å². The van der Waals surface area contributed by atoms with E-state index in [0.29, 0.717) is 12.0 Å². The van der Waals surface area contributed by atoms with Gasteiger partial charge in [-0.1, -0.05) is 12.2 Å². The van der Waals surface area contributed by atoms with E-state index in [1.165, 1.54) is 0 Å². The molecule has 1 aliphatic rings. The average molecular weight is 151 g/mol. The third-order valence-corrected chi connectivity index (χ3v) is 1.33. The molecule has 0 aliphatic carbocycles. The van der Waals surface area contributed by atoms with Crippen molar-refractivity contribution >= 4 is 12.5 Å². The van der Waals surface area contributed by atoms with Gasteiger partial charge in [-0.3, -0.25) is 9.79 Å². The van der Waals surface area contributed by atoms with Crippen LogP contribution >= 0.6 is 0 Å². The first-order valence-electron chi connectivity index (χ1n) is 3.27. The van der Waals surface area contributed by atoms with Crippen molar-refractivity contribution in [2.24, 2.45) is 4.99 Å². The highest BCUT2D eigenvalue weighted by Crippen LogP contribution is 2.00. The molecule has 0 saturated heterocycles. The van der Waals surface area contributed by atoms with Crippen LogP contribution in [0.3, 0.4) is 0 Å². The molecule has 0 saturated carbocycles. The number of hydrogen-bond acceptors (Lipinski definition) is 3. The minimum absolute atomic E-state index is 0.122.